The van der Waals surface area contributed by atoms with Crippen LogP contribution in [0.4, 0.5) is 21.0 Å². The van der Waals surface area contributed by atoms with Crippen molar-refractivity contribution < 1.29 is 43.2 Å². The molecule has 424 valence electrons. The molecule has 3 amide bonds. The van der Waals surface area contributed by atoms with E-state index in [1.54, 1.807) is 15.9 Å². The van der Waals surface area contributed by atoms with Crippen molar-refractivity contribution in [2.75, 3.05) is 75.5 Å². The molecule has 0 aliphatic carbocycles. The molecule has 1 aromatic heterocycles. The maximum absolute atomic E-state index is 13.7. The topological polar surface area (TPSA) is 183 Å². The summed E-state index contributed by atoms with van der Waals surface area (Å²) in [5.74, 6) is 12.5. The molecular formula is C62H86N6O10. The Bertz CT molecular complexity index is 2780. The van der Waals surface area contributed by atoms with E-state index in [1.807, 2.05) is 87.4 Å². The van der Waals surface area contributed by atoms with Crippen LogP contribution in [0.25, 0.3) is 0 Å². The van der Waals surface area contributed by atoms with E-state index in [0.717, 1.165) is 136 Å². The molecule has 4 aliphatic rings. The first-order valence-corrected chi connectivity index (χ1v) is 28.1. The second kappa shape index (κ2) is 27.4. The lowest BCUT2D eigenvalue weighted by Crippen LogP contribution is -2.41. The highest BCUT2D eigenvalue weighted by molar-refractivity contribution is 5.97. The molecule has 4 saturated heterocycles. The van der Waals surface area contributed by atoms with Gasteiger partial charge in [0.05, 0.1) is 5.56 Å². The van der Waals surface area contributed by atoms with Crippen LogP contribution in [0.2, 0.25) is 0 Å². The van der Waals surface area contributed by atoms with Crippen molar-refractivity contribution in [1.29, 1.82) is 0 Å². The van der Waals surface area contributed by atoms with Crippen molar-refractivity contribution in [3.8, 4) is 23.7 Å². The van der Waals surface area contributed by atoms with Crippen molar-refractivity contribution in [3.05, 3.63) is 90.9 Å². The van der Waals surface area contributed by atoms with Gasteiger partial charge < -0.3 is 54.0 Å². The number of aromatic nitrogens is 1. The van der Waals surface area contributed by atoms with E-state index < -0.39 is 17.2 Å². The molecule has 4 aliphatic heterocycles. The summed E-state index contributed by atoms with van der Waals surface area (Å²) in [6, 6.07) is 10.2. The van der Waals surface area contributed by atoms with Gasteiger partial charge in [0.1, 0.15) is 11.2 Å². The van der Waals surface area contributed by atoms with Gasteiger partial charge >= 0.3 is 18.2 Å². The Balaban J connectivity index is 0.000000261. The van der Waals surface area contributed by atoms with Crippen LogP contribution < -0.4 is 20.7 Å². The van der Waals surface area contributed by atoms with E-state index >= 15 is 0 Å². The van der Waals surface area contributed by atoms with Crippen molar-refractivity contribution in [3.63, 3.8) is 0 Å². The number of benzene rings is 2. The Labute approximate surface area is 463 Å². The maximum atomic E-state index is 13.7. The van der Waals surface area contributed by atoms with E-state index in [2.05, 4.69) is 63.7 Å². The van der Waals surface area contributed by atoms with Gasteiger partial charge in [-0.3, -0.25) is 9.59 Å². The Kier molecular flexibility index (Phi) is 21.3. The minimum absolute atomic E-state index is 0.138. The minimum atomic E-state index is -0.934. The van der Waals surface area contributed by atoms with E-state index in [9.17, 15) is 29.1 Å². The molecule has 16 nitrogen and oxygen atoms in total. The average molecular weight is 1080 g/mol. The number of aryl methyl sites for hydroxylation is 2. The number of carboxylic acid groups (broad SMARTS) is 1. The molecule has 78 heavy (non-hydrogen) atoms. The number of carboxylic acids is 1. The third kappa shape index (κ3) is 17.0. The third-order valence-corrected chi connectivity index (χ3v) is 14.9. The maximum Gasteiger partial charge on any atom is 0.410 e. The Morgan fingerprint density at radius 1 is 0.654 bits per heavy atom. The van der Waals surface area contributed by atoms with Crippen molar-refractivity contribution in [2.24, 2.45) is 11.8 Å². The third-order valence-electron chi connectivity index (χ3n) is 14.9. The highest BCUT2D eigenvalue weighted by atomic mass is 16.6. The molecule has 0 atom stereocenters. The Hall–Kier alpha value is -6.49. The molecule has 5 heterocycles. The largest absolute Gasteiger partial charge is 0.478 e. The monoisotopic (exact) mass is 1070 g/mol. The van der Waals surface area contributed by atoms with Gasteiger partial charge in [-0.05, 0) is 181 Å². The summed E-state index contributed by atoms with van der Waals surface area (Å²) < 4.78 is 22.1. The van der Waals surface area contributed by atoms with Crippen LogP contribution in [-0.4, -0.2) is 133 Å². The summed E-state index contributed by atoms with van der Waals surface area (Å²) in [6.45, 7) is 30.1. The first kappa shape index (κ1) is 60.7. The number of piperidine rings is 2. The number of likely N-dealkylation sites (tertiary alicyclic amines) is 2. The number of hydrogen-bond donors (Lipinski definition) is 3. The van der Waals surface area contributed by atoms with Gasteiger partial charge in [-0.2, -0.15) is 0 Å². The molecule has 3 aromatic rings. The number of rotatable bonds is 10. The van der Waals surface area contributed by atoms with E-state index in [1.165, 1.54) is 0 Å². The van der Waals surface area contributed by atoms with Crippen LogP contribution >= 0.6 is 0 Å². The molecular weight excluding hydrogens is 989 g/mol. The van der Waals surface area contributed by atoms with Crippen molar-refractivity contribution in [2.45, 2.75) is 164 Å². The molecule has 7 rings (SSSR count). The predicted octanol–water partition coefficient (Wildman–Crippen LogP) is 9.93. The average Bonchev–Trinajstić information content (AvgIpc) is 3.39. The lowest BCUT2D eigenvalue weighted by molar-refractivity contribution is 0.0189. The molecule has 3 N–H and O–H groups in total. The van der Waals surface area contributed by atoms with Gasteiger partial charge in [0.15, 0.2) is 0 Å². The fraction of sp³-hybridized carbons (Fsp3) is 0.597. The van der Waals surface area contributed by atoms with Gasteiger partial charge in [-0.1, -0.05) is 23.7 Å². The molecule has 4 fully saturated rings. The minimum Gasteiger partial charge on any atom is -0.478 e. The number of carbonyl (C=O) groups excluding carboxylic acids is 3. The zero-order valence-corrected chi connectivity index (χ0v) is 48.5. The molecule has 0 unspecified atom stereocenters. The molecule has 0 bridgehead atoms. The summed E-state index contributed by atoms with van der Waals surface area (Å²) in [5.41, 5.74) is 6.93. The number of aromatic carboxylic acids is 1. The molecule has 0 saturated carbocycles. The fourth-order valence-electron chi connectivity index (χ4n) is 10.6. The zero-order chi connectivity index (χ0) is 56.9. The first-order valence-electron chi connectivity index (χ1n) is 28.1. The van der Waals surface area contributed by atoms with Crippen molar-refractivity contribution in [1.82, 2.24) is 20.1 Å². The number of anilines is 2. The highest BCUT2D eigenvalue weighted by Gasteiger charge is 2.30. The van der Waals surface area contributed by atoms with Gasteiger partial charge in [-0.15, -0.1) is 0 Å². The van der Waals surface area contributed by atoms with Gasteiger partial charge in [0, 0.05) is 135 Å². The molecule has 0 radical (unpaired) electrons. The number of hydrogen-bond acceptors (Lipinski definition) is 11. The number of pyridine rings is 1. The fourth-order valence-corrected chi connectivity index (χ4v) is 10.6. The van der Waals surface area contributed by atoms with E-state index in [4.69, 9.17) is 18.9 Å². The summed E-state index contributed by atoms with van der Waals surface area (Å²) >= 11 is 0. The lowest BCUT2D eigenvalue weighted by Gasteiger charge is -2.36. The smallest absolute Gasteiger partial charge is 0.410 e. The van der Waals surface area contributed by atoms with Crippen LogP contribution in [0.1, 0.15) is 167 Å². The summed E-state index contributed by atoms with van der Waals surface area (Å²) in [6.07, 6.45) is 6.26. The van der Waals surface area contributed by atoms with Crippen LogP contribution in [0.3, 0.4) is 0 Å². The normalized spacial score (nSPS) is 16.8. The second-order valence-electron chi connectivity index (χ2n) is 23.0. The van der Waals surface area contributed by atoms with Crippen LogP contribution in [0, 0.1) is 63.2 Å². The summed E-state index contributed by atoms with van der Waals surface area (Å²) in [7, 11) is 0. The number of ether oxygens (including phenoxy) is 4. The van der Waals surface area contributed by atoms with Crippen LogP contribution in [0.5, 0.6) is 0 Å². The quantitative estimate of drug-likeness (QED) is 0.164. The van der Waals surface area contributed by atoms with E-state index in [0.29, 0.717) is 55.0 Å². The number of amides is 3. The van der Waals surface area contributed by atoms with Gasteiger partial charge in [0.2, 0.25) is 0 Å². The van der Waals surface area contributed by atoms with Gasteiger partial charge in [-0.25, -0.2) is 14.4 Å². The first-order chi connectivity index (χ1) is 36.9. The Morgan fingerprint density at radius 3 is 1.45 bits per heavy atom. The number of aromatic amines is 1. The van der Waals surface area contributed by atoms with Gasteiger partial charge in [0.25, 0.3) is 11.5 Å². The molecule has 2 aromatic carbocycles. The summed E-state index contributed by atoms with van der Waals surface area (Å²) in [5, 5.41) is 12.8. The lowest BCUT2D eigenvalue weighted by atomic mass is 9.95. The van der Waals surface area contributed by atoms with Crippen LogP contribution in [0.15, 0.2) is 35.1 Å². The Morgan fingerprint density at radius 2 is 1.06 bits per heavy atom. The molecule has 16 heteroatoms. The SMILES string of the molecule is CCN(c1cc(C#CC2CCN(C(=O)OC(C)(C)C)CC2)cc(C(=O)NCc2c(C)cc(C)[nH]c2=O)c1C)C1CCOCC1.CCN(c1cc(C#CC2CCN(C(=O)OC(C)(C)C)CC2)cc(C(=O)O)c1C)C1CCOCC1. The van der Waals surface area contributed by atoms with Crippen molar-refractivity contribution >= 4 is 35.4 Å². The zero-order valence-electron chi connectivity index (χ0n) is 48.5. The predicted molar refractivity (Wildman–Crippen MR) is 306 cm³/mol. The number of nitrogens with zero attached hydrogens (tertiary/aromatic N) is 4. The highest BCUT2D eigenvalue weighted by Crippen LogP contribution is 2.32. The number of H-pyrrole nitrogens is 1. The second-order valence-corrected chi connectivity index (χ2v) is 23.0. The molecule has 0 spiro atoms. The number of carbonyl (C=O) groups is 4. The number of nitrogens with one attached hydrogen (secondary N) is 2. The van der Waals surface area contributed by atoms with Crippen LogP contribution in [-0.2, 0) is 25.5 Å². The van der Waals surface area contributed by atoms with E-state index in [-0.39, 0.29) is 42.0 Å². The standard InChI is InChI=1S/C35H48N4O5.C27H38N2O5/c1-8-39(28-13-17-43-18-14-28)31-21-27(10-9-26-11-15-38(16-12-26)34(42)44-35(5,6)7)20-29(25(31)4)32(40)36-22-30-23(2)19-24(3)37-33(30)41;1-6-29(22-11-15-33-16-12-22)24-18-21(17-23(19(24)2)25(30)31)8-7-20-9-13-28(14-10-20)26(32)34-27(3,4)5/h19-21,26,28H,8,11-18,22H2,1-7H3,(H,36,40)(H,37,41);17-18,20,22H,6,9-16H2,1-5H3,(H,30,31). The summed E-state index contributed by atoms with van der Waals surface area (Å²) in [4.78, 5) is 74.0.